The van der Waals surface area contributed by atoms with Gasteiger partial charge in [-0.2, -0.15) is 0 Å². The first-order chi connectivity index (χ1) is 26.6. The van der Waals surface area contributed by atoms with Crippen LogP contribution in [-0.4, -0.2) is 96.0 Å². The second kappa shape index (κ2) is 22.1. The van der Waals surface area contributed by atoms with E-state index < -0.39 is 54.9 Å². The standard InChI is InChI=1S/C41H51N4O8PS/c1-3-52-38(48)28-43-39(49)34(44-36(46)24-23-33(42)41(51)53-4-2)29-55-35-27-37(47)45(40(35)50)25-15-8-16-26-54(30-17-9-5-10-18-30,31-19-11-6-12-20-31)32-21-13-7-14-22-32/h5-7,9-14,17-22,33-35H,3-4,8,15-16,23-29,42H2,1-2H3,(H-,43,44,46,49)/p+1/t33-,34-,35?/m0/s1. The maximum absolute atomic E-state index is 13.5. The normalized spacial score (nSPS) is 15.3. The molecule has 1 saturated heterocycles. The first-order valence-corrected chi connectivity index (χ1v) is 21.8. The van der Waals surface area contributed by atoms with E-state index in [4.69, 9.17) is 15.2 Å². The molecule has 4 amide bonds. The molecule has 0 aliphatic carbocycles. The van der Waals surface area contributed by atoms with Crippen molar-refractivity contribution in [3.8, 4) is 0 Å². The van der Waals surface area contributed by atoms with E-state index in [0.717, 1.165) is 30.8 Å². The van der Waals surface area contributed by atoms with Crippen LogP contribution in [0.5, 0.6) is 0 Å². The first kappa shape index (κ1) is 43.2. The lowest BCUT2D eigenvalue weighted by atomic mass is 10.1. The number of ether oxygens (including phenoxy) is 2. The van der Waals surface area contributed by atoms with Gasteiger partial charge in [0.1, 0.15) is 41.8 Å². The van der Waals surface area contributed by atoms with Gasteiger partial charge in [0.25, 0.3) is 0 Å². The summed E-state index contributed by atoms with van der Waals surface area (Å²) in [6.45, 7) is 3.46. The lowest BCUT2D eigenvalue weighted by molar-refractivity contribution is -0.145. The quantitative estimate of drug-likeness (QED) is 0.0595. The summed E-state index contributed by atoms with van der Waals surface area (Å²) in [6.07, 6.45) is 3.11. The Bertz CT molecular complexity index is 1640. The number of nitrogens with two attached hydrogens (primary N) is 1. The summed E-state index contributed by atoms with van der Waals surface area (Å²) < 4.78 is 9.76. The zero-order chi connectivity index (χ0) is 39.6. The third-order valence-corrected chi connectivity index (χ3v) is 15.1. The summed E-state index contributed by atoms with van der Waals surface area (Å²) in [6, 6.07) is 29.8. The molecule has 1 unspecified atom stereocenters. The fourth-order valence-corrected chi connectivity index (χ4v) is 12.1. The second-order valence-electron chi connectivity index (χ2n) is 13.1. The summed E-state index contributed by atoms with van der Waals surface area (Å²) in [4.78, 5) is 77.4. The van der Waals surface area contributed by atoms with Crippen molar-refractivity contribution in [3.63, 3.8) is 0 Å². The number of benzene rings is 3. The van der Waals surface area contributed by atoms with Crippen molar-refractivity contribution in [1.82, 2.24) is 15.5 Å². The third-order valence-electron chi connectivity index (χ3n) is 9.27. The van der Waals surface area contributed by atoms with Crippen LogP contribution in [0.25, 0.3) is 0 Å². The SMILES string of the molecule is CCOC(=O)CNC(=O)[C@H](CSC1CC(=O)N(CCCCC[P+](c2ccccc2)(c2ccccc2)c2ccccc2)C1=O)NC(=O)CC[C@H](N)C(=O)OCC. The van der Waals surface area contributed by atoms with Gasteiger partial charge in [-0.3, -0.25) is 33.7 Å². The van der Waals surface area contributed by atoms with Crippen molar-refractivity contribution in [1.29, 1.82) is 0 Å². The Balaban J connectivity index is 1.35. The topological polar surface area (TPSA) is 174 Å². The molecule has 1 aliphatic rings. The monoisotopic (exact) mass is 791 g/mol. The number of imide groups is 1. The molecule has 4 N–H and O–H groups in total. The molecule has 14 heteroatoms. The Labute approximate surface area is 328 Å². The number of hydrogen-bond acceptors (Lipinski definition) is 10. The molecule has 0 bridgehead atoms. The van der Waals surface area contributed by atoms with Crippen molar-refractivity contribution in [2.45, 2.75) is 69.7 Å². The lowest BCUT2D eigenvalue weighted by Gasteiger charge is -2.27. The van der Waals surface area contributed by atoms with Gasteiger partial charge in [-0.1, -0.05) is 54.6 Å². The van der Waals surface area contributed by atoms with Gasteiger partial charge >= 0.3 is 11.9 Å². The van der Waals surface area contributed by atoms with Crippen molar-refractivity contribution in [2.75, 3.05) is 38.2 Å². The molecular formula is C41H52N4O8PS+. The highest BCUT2D eigenvalue weighted by Gasteiger charge is 2.45. The summed E-state index contributed by atoms with van der Waals surface area (Å²) in [5.41, 5.74) is 5.82. The molecule has 3 aromatic rings. The van der Waals surface area contributed by atoms with Crippen LogP contribution in [0, 0.1) is 0 Å². The number of carbonyl (C=O) groups is 6. The predicted octanol–water partition coefficient (Wildman–Crippen LogP) is 2.85. The number of rotatable bonds is 22. The van der Waals surface area contributed by atoms with Gasteiger partial charge in [-0.25, -0.2) is 0 Å². The summed E-state index contributed by atoms with van der Waals surface area (Å²) in [5, 5.41) is 8.27. The molecule has 1 fully saturated rings. The number of nitrogens with one attached hydrogen (secondary N) is 2. The van der Waals surface area contributed by atoms with E-state index in [0.29, 0.717) is 13.0 Å². The van der Waals surface area contributed by atoms with Crippen LogP contribution >= 0.6 is 19.0 Å². The minimum Gasteiger partial charge on any atom is -0.465 e. The van der Waals surface area contributed by atoms with Gasteiger partial charge in [-0.15, -0.1) is 11.8 Å². The van der Waals surface area contributed by atoms with Crippen LogP contribution < -0.4 is 32.3 Å². The molecule has 55 heavy (non-hydrogen) atoms. The van der Waals surface area contributed by atoms with E-state index in [-0.39, 0.29) is 50.0 Å². The molecular weight excluding hydrogens is 740 g/mol. The van der Waals surface area contributed by atoms with Crippen LogP contribution in [0.1, 0.15) is 52.4 Å². The zero-order valence-electron chi connectivity index (χ0n) is 31.5. The molecule has 1 heterocycles. The molecule has 3 aromatic carbocycles. The maximum Gasteiger partial charge on any atom is 0.325 e. The molecule has 0 saturated carbocycles. The Morgan fingerprint density at radius 1 is 0.836 bits per heavy atom. The van der Waals surface area contributed by atoms with Crippen molar-refractivity contribution < 1.29 is 38.2 Å². The Morgan fingerprint density at radius 3 is 1.95 bits per heavy atom. The van der Waals surface area contributed by atoms with Crippen LogP contribution in [0.2, 0.25) is 0 Å². The number of hydrogen-bond donors (Lipinski definition) is 3. The maximum atomic E-state index is 13.5. The van der Waals surface area contributed by atoms with E-state index in [9.17, 15) is 28.8 Å². The molecule has 3 atom stereocenters. The van der Waals surface area contributed by atoms with Crippen LogP contribution in [0.4, 0.5) is 0 Å². The molecule has 1 aliphatic heterocycles. The smallest absolute Gasteiger partial charge is 0.325 e. The van der Waals surface area contributed by atoms with Crippen LogP contribution in [0.3, 0.4) is 0 Å². The van der Waals surface area contributed by atoms with Gasteiger partial charge < -0.3 is 25.8 Å². The highest BCUT2D eigenvalue weighted by molar-refractivity contribution is 8.00. The number of likely N-dealkylation sites (tertiary alicyclic amines) is 1. The number of nitrogens with zero attached hydrogens (tertiary/aromatic N) is 1. The van der Waals surface area contributed by atoms with Gasteiger partial charge in [0.2, 0.25) is 23.6 Å². The van der Waals surface area contributed by atoms with E-state index in [1.165, 1.54) is 20.8 Å². The largest absolute Gasteiger partial charge is 0.465 e. The van der Waals surface area contributed by atoms with Crippen LogP contribution in [0.15, 0.2) is 91.0 Å². The van der Waals surface area contributed by atoms with Crippen molar-refractivity contribution >= 4 is 70.5 Å². The third kappa shape index (κ3) is 12.2. The zero-order valence-corrected chi connectivity index (χ0v) is 33.2. The molecule has 12 nitrogen and oxygen atoms in total. The predicted molar refractivity (Wildman–Crippen MR) is 217 cm³/mol. The van der Waals surface area contributed by atoms with Crippen molar-refractivity contribution in [3.05, 3.63) is 91.0 Å². The fourth-order valence-electron chi connectivity index (χ4n) is 6.51. The number of esters is 2. The second-order valence-corrected chi connectivity index (χ2v) is 17.9. The molecule has 0 spiro atoms. The Morgan fingerprint density at radius 2 is 1.40 bits per heavy atom. The van der Waals surface area contributed by atoms with Gasteiger partial charge in [-0.05, 0) is 75.9 Å². The number of amides is 4. The van der Waals surface area contributed by atoms with Gasteiger partial charge in [0.05, 0.1) is 24.6 Å². The molecule has 0 radical (unpaired) electrons. The van der Waals surface area contributed by atoms with Crippen molar-refractivity contribution in [2.24, 2.45) is 5.73 Å². The lowest BCUT2D eigenvalue weighted by Crippen LogP contribution is -2.50. The van der Waals surface area contributed by atoms with E-state index in [2.05, 4.69) is 83.4 Å². The van der Waals surface area contributed by atoms with Gasteiger partial charge in [0.15, 0.2) is 0 Å². The highest BCUT2D eigenvalue weighted by Crippen LogP contribution is 2.56. The first-order valence-electron chi connectivity index (χ1n) is 18.8. The van der Waals surface area contributed by atoms with Crippen LogP contribution in [-0.2, 0) is 38.2 Å². The average molecular weight is 792 g/mol. The minimum atomic E-state index is -1.99. The van der Waals surface area contributed by atoms with E-state index >= 15 is 0 Å². The summed E-state index contributed by atoms with van der Waals surface area (Å²) in [5.74, 6) is -3.12. The average Bonchev–Trinajstić information content (AvgIpc) is 3.47. The summed E-state index contributed by atoms with van der Waals surface area (Å²) in [7, 11) is -1.99. The summed E-state index contributed by atoms with van der Waals surface area (Å²) >= 11 is 1.10. The van der Waals surface area contributed by atoms with E-state index in [1.807, 2.05) is 18.2 Å². The molecule has 294 valence electrons. The number of thioether (sulfide) groups is 1. The molecule has 4 rings (SSSR count). The fraction of sp³-hybridized carbons (Fsp3) is 0.415. The van der Waals surface area contributed by atoms with Gasteiger partial charge in [0, 0.05) is 25.1 Å². The minimum absolute atomic E-state index is 0.00690. The molecule has 0 aromatic heterocycles. The Kier molecular flexibility index (Phi) is 17.3. The van der Waals surface area contributed by atoms with E-state index in [1.54, 1.807) is 13.8 Å². The highest BCUT2D eigenvalue weighted by atomic mass is 32.2. The number of unbranched alkanes of at least 4 members (excludes halogenated alkanes) is 2. The Hall–Kier alpha value is -4.58. The number of carbonyl (C=O) groups excluding carboxylic acids is 6.